The number of hydrogen-bond acceptors (Lipinski definition) is 1. The van der Waals surface area contributed by atoms with Crippen molar-refractivity contribution in [2.24, 2.45) is 0 Å². The largest absolute Gasteiger partial charge is 0.367 e. The van der Waals surface area contributed by atoms with Gasteiger partial charge in [-0.3, -0.25) is 0 Å². The molecule has 112 valence electrons. The van der Waals surface area contributed by atoms with E-state index >= 15 is 0 Å². The second-order valence-corrected chi connectivity index (χ2v) is 6.32. The Morgan fingerprint density at radius 1 is 1.14 bits per heavy atom. The molecule has 1 unspecified atom stereocenters. The van der Waals surface area contributed by atoms with Gasteiger partial charge >= 0.3 is 0 Å². The van der Waals surface area contributed by atoms with Crippen LogP contribution in [0.2, 0.25) is 10.0 Å². The van der Waals surface area contributed by atoms with Crippen molar-refractivity contribution in [3.63, 3.8) is 0 Å². The van der Waals surface area contributed by atoms with Crippen LogP contribution in [0.1, 0.15) is 22.6 Å². The summed E-state index contributed by atoms with van der Waals surface area (Å²) in [7, 11) is 0. The van der Waals surface area contributed by atoms with Crippen molar-refractivity contribution in [2.75, 3.05) is 6.54 Å². The Hall–Kier alpha value is -1.70. The van der Waals surface area contributed by atoms with Gasteiger partial charge in [0.25, 0.3) is 0 Å². The summed E-state index contributed by atoms with van der Waals surface area (Å²) in [6.45, 7) is 9.56. The predicted octanol–water partition coefficient (Wildman–Crippen LogP) is 5.64. The second-order valence-electron chi connectivity index (χ2n) is 5.50. The van der Waals surface area contributed by atoms with Crippen LogP contribution in [-0.2, 0) is 6.54 Å². The molecule has 0 fully saturated rings. The molecule has 0 saturated heterocycles. The van der Waals surface area contributed by atoms with Gasteiger partial charge in [-0.1, -0.05) is 66.7 Å². The molecular formula is C19H17Cl2N. The van der Waals surface area contributed by atoms with E-state index in [9.17, 15) is 0 Å². The molecule has 0 radical (unpaired) electrons. The lowest BCUT2D eigenvalue weighted by atomic mass is 9.84. The summed E-state index contributed by atoms with van der Waals surface area (Å²) in [6.07, 6.45) is 1.80. The number of hydrogen-bond donors (Lipinski definition) is 0. The molecule has 1 aliphatic rings. The minimum absolute atomic E-state index is 0.247. The van der Waals surface area contributed by atoms with E-state index in [-0.39, 0.29) is 5.92 Å². The molecule has 22 heavy (non-hydrogen) atoms. The Kier molecular flexibility index (Phi) is 4.28. The van der Waals surface area contributed by atoms with Crippen molar-refractivity contribution in [2.45, 2.75) is 12.5 Å². The fourth-order valence-electron chi connectivity index (χ4n) is 2.97. The Bertz CT molecular complexity index is 722. The van der Waals surface area contributed by atoms with E-state index in [2.05, 4.69) is 42.3 Å². The van der Waals surface area contributed by atoms with Crippen LogP contribution in [0.25, 0.3) is 0 Å². The smallest absolute Gasteiger partial charge is 0.0595 e. The van der Waals surface area contributed by atoms with Gasteiger partial charge in [0, 0.05) is 24.7 Å². The minimum atomic E-state index is 0.247. The van der Waals surface area contributed by atoms with E-state index < -0.39 is 0 Å². The average molecular weight is 330 g/mol. The maximum Gasteiger partial charge on any atom is 0.0595 e. The molecule has 0 N–H and O–H groups in total. The lowest BCUT2D eigenvalue weighted by molar-refractivity contribution is 0.314. The summed E-state index contributed by atoms with van der Waals surface area (Å²) in [5.41, 5.74) is 4.63. The molecule has 0 aromatic heterocycles. The standard InChI is InChI=1S/C19H17Cl2N/c1-3-13(2)22-11-15-9-18(20)19(21)10-16(15)17(12-22)14-7-5-4-6-8-14/h3-10,17H,1-2,11-12H2. The Morgan fingerprint density at radius 2 is 1.82 bits per heavy atom. The summed E-state index contributed by atoms with van der Waals surface area (Å²) in [5.74, 6) is 0.247. The summed E-state index contributed by atoms with van der Waals surface area (Å²) in [4.78, 5) is 2.23. The van der Waals surface area contributed by atoms with Gasteiger partial charge in [-0.25, -0.2) is 0 Å². The molecule has 0 amide bonds. The van der Waals surface area contributed by atoms with Crippen LogP contribution in [0.5, 0.6) is 0 Å². The van der Waals surface area contributed by atoms with E-state index in [0.29, 0.717) is 10.0 Å². The molecule has 1 nitrogen and oxygen atoms in total. The van der Waals surface area contributed by atoms with E-state index in [1.807, 2.05) is 18.2 Å². The third-order valence-electron chi connectivity index (χ3n) is 4.17. The molecule has 0 spiro atoms. The zero-order chi connectivity index (χ0) is 15.7. The van der Waals surface area contributed by atoms with Crippen molar-refractivity contribution >= 4 is 23.2 Å². The van der Waals surface area contributed by atoms with Crippen LogP contribution >= 0.6 is 23.2 Å². The Morgan fingerprint density at radius 3 is 2.50 bits per heavy atom. The predicted molar refractivity (Wildman–Crippen MR) is 94.5 cm³/mol. The molecule has 3 heteroatoms. The van der Waals surface area contributed by atoms with Gasteiger partial charge in [-0.05, 0) is 34.9 Å². The third kappa shape index (κ3) is 2.79. The van der Waals surface area contributed by atoms with Crippen molar-refractivity contribution < 1.29 is 0 Å². The van der Waals surface area contributed by atoms with Crippen LogP contribution in [-0.4, -0.2) is 11.4 Å². The zero-order valence-corrected chi connectivity index (χ0v) is 13.7. The van der Waals surface area contributed by atoms with E-state index in [1.165, 1.54) is 16.7 Å². The number of fused-ring (bicyclic) bond motifs is 1. The highest BCUT2D eigenvalue weighted by molar-refractivity contribution is 6.42. The lowest BCUT2D eigenvalue weighted by Crippen LogP contribution is -2.32. The first-order valence-corrected chi connectivity index (χ1v) is 7.94. The van der Waals surface area contributed by atoms with Gasteiger partial charge in [0.05, 0.1) is 10.0 Å². The molecule has 0 aliphatic carbocycles. The quantitative estimate of drug-likeness (QED) is 0.658. The van der Waals surface area contributed by atoms with Gasteiger partial charge in [0.15, 0.2) is 0 Å². The summed E-state index contributed by atoms with van der Waals surface area (Å²) < 4.78 is 0. The fourth-order valence-corrected chi connectivity index (χ4v) is 3.33. The summed E-state index contributed by atoms with van der Waals surface area (Å²) in [5, 5.41) is 1.20. The number of benzene rings is 2. The number of nitrogens with zero attached hydrogens (tertiary/aromatic N) is 1. The lowest BCUT2D eigenvalue weighted by Gasteiger charge is -2.37. The number of rotatable bonds is 3. The molecule has 1 atom stereocenters. The van der Waals surface area contributed by atoms with Crippen molar-refractivity contribution in [1.29, 1.82) is 0 Å². The van der Waals surface area contributed by atoms with Crippen LogP contribution in [0.3, 0.4) is 0 Å². The van der Waals surface area contributed by atoms with Crippen LogP contribution in [0, 0.1) is 0 Å². The normalized spacial score (nSPS) is 17.0. The monoisotopic (exact) mass is 329 g/mol. The molecule has 1 aliphatic heterocycles. The van der Waals surface area contributed by atoms with Gasteiger partial charge in [-0.2, -0.15) is 0 Å². The van der Waals surface area contributed by atoms with E-state index in [4.69, 9.17) is 23.2 Å². The second kappa shape index (κ2) is 6.20. The highest BCUT2D eigenvalue weighted by atomic mass is 35.5. The van der Waals surface area contributed by atoms with Crippen molar-refractivity contribution in [3.8, 4) is 0 Å². The Labute approximate surface area is 141 Å². The molecule has 2 aromatic carbocycles. The average Bonchev–Trinajstić information content (AvgIpc) is 2.55. The van der Waals surface area contributed by atoms with E-state index in [0.717, 1.165) is 18.8 Å². The van der Waals surface area contributed by atoms with Gasteiger partial charge in [0.1, 0.15) is 0 Å². The van der Waals surface area contributed by atoms with Crippen LogP contribution < -0.4 is 0 Å². The van der Waals surface area contributed by atoms with Crippen molar-refractivity contribution in [3.05, 3.63) is 94.1 Å². The first-order valence-electron chi connectivity index (χ1n) is 7.19. The first-order chi connectivity index (χ1) is 10.6. The third-order valence-corrected chi connectivity index (χ3v) is 4.89. The minimum Gasteiger partial charge on any atom is -0.367 e. The number of halogens is 2. The van der Waals surface area contributed by atoms with E-state index in [1.54, 1.807) is 6.08 Å². The fraction of sp³-hybridized carbons (Fsp3) is 0.158. The number of allylic oxidation sites excluding steroid dienone is 1. The van der Waals surface area contributed by atoms with Gasteiger partial charge < -0.3 is 4.90 Å². The molecule has 0 bridgehead atoms. The molecule has 1 heterocycles. The highest BCUT2D eigenvalue weighted by Crippen LogP contribution is 2.38. The summed E-state index contributed by atoms with van der Waals surface area (Å²) in [6, 6.07) is 14.4. The maximum absolute atomic E-state index is 6.25. The molecular weight excluding hydrogens is 313 g/mol. The summed E-state index contributed by atoms with van der Waals surface area (Å²) >= 11 is 12.5. The zero-order valence-electron chi connectivity index (χ0n) is 12.2. The molecule has 3 rings (SSSR count). The van der Waals surface area contributed by atoms with Gasteiger partial charge in [-0.15, -0.1) is 0 Å². The SMILES string of the molecule is C=CC(=C)N1Cc2cc(Cl)c(Cl)cc2C(c2ccccc2)C1. The van der Waals surface area contributed by atoms with Crippen molar-refractivity contribution in [1.82, 2.24) is 4.90 Å². The molecule has 2 aromatic rings. The van der Waals surface area contributed by atoms with Gasteiger partial charge in [0.2, 0.25) is 0 Å². The first kappa shape index (κ1) is 15.2. The topological polar surface area (TPSA) is 3.24 Å². The molecule has 0 saturated carbocycles. The van der Waals surface area contributed by atoms with Crippen LogP contribution in [0.15, 0.2) is 67.4 Å². The van der Waals surface area contributed by atoms with Crippen LogP contribution in [0.4, 0.5) is 0 Å². The maximum atomic E-state index is 6.25. The Balaban J connectivity index is 2.11. The highest BCUT2D eigenvalue weighted by Gasteiger charge is 2.27.